The van der Waals surface area contributed by atoms with Crippen molar-refractivity contribution in [1.29, 1.82) is 0 Å². The van der Waals surface area contributed by atoms with E-state index >= 15 is 0 Å². The predicted octanol–water partition coefficient (Wildman–Crippen LogP) is 3.74. The van der Waals surface area contributed by atoms with Crippen LogP contribution in [-0.2, 0) is 9.63 Å². The normalized spacial score (nSPS) is 22.0. The Morgan fingerprint density at radius 1 is 1.41 bits per heavy atom. The van der Waals surface area contributed by atoms with Crippen molar-refractivity contribution in [3.05, 3.63) is 33.8 Å². The molecule has 0 aromatic heterocycles. The molecule has 1 amide bonds. The summed E-state index contributed by atoms with van der Waals surface area (Å²) in [7, 11) is 1.84. The zero-order valence-corrected chi connectivity index (χ0v) is 14.1. The lowest BCUT2D eigenvalue weighted by molar-refractivity contribution is -0.142. The van der Waals surface area contributed by atoms with Gasteiger partial charge in [-0.1, -0.05) is 34.4 Å². The number of halogens is 2. The molecule has 1 aromatic carbocycles. The van der Waals surface area contributed by atoms with Crippen molar-refractivity contribution in [3.63, 3.8) is 0 Å². The van der Waals surface area contributed by atoms with Crippen LogP contribution in [0.3, 0.4) is 0 Å². The Balaban J connectivity index is 1.67. The topological polar surface area (TPSA) is 41.9 Å². The predicted molar refractivity (Wildman–Crippen MR) is 87.4 cm³/mol. The lowest BCUT2D eigenvalue weighted by atomic mass is 10.0. The molecule has 0 unspecified atom stereocenters. The highest BCUT2D eigenvalue weighted by atomic mass is 35.5. The minimum atomic E-state index is -0.562. The monoisotopic (exact) mass is 340 g/mol. The van der Waals surface area contributed by atoms with Crippen LogP contribution in [-0.4, -0.2) is 35.7 Å². The second-order valence-electron chi connectivity index (χ2n) is 5.99. The Morgan fingerprint density at radius 3 is 2.77 bits per heavy atom. The van der Waals surface area contributed by atoms with Crippen LogP contribution in [0.2, 0.25) is 10.0 Å². The fraction of sp³-hybridized carbons (Fsp3) is 0.500. The number of carbonyl (C=O) groups excluding carboxylic acids is 1. The molecular formula is C16H18Cl2N2O2. The third-order valence-corrected chi connectivity index (χ3v) is 5.00. The van der Waals surface area contributed by atoms with Crippen LogP contribution in [0.5, 0.6) is 0 Å². The second kappa shape index (κ2) is 6.09. The van der Waals surface area contributed by atoms with Gasteiger partial charge < -0.3 is 9.74 Å². The fourth-order valence-electron chi connectivity index (χ4n) is 2.72. The van der Waals surface area contributed by atoms with E-state index in [1.54, 1.807) is 23.1 Å². The van der Waals surface area contributed by atoms with Crippen LogP contribution in [0.25, 0.3) is 0 Å². The molecule has 1 heterocycles. The summed E-state index contributed by atoms with van der Waals surface area (Å²) in [5.74, 6) is 0.602. The number of hydrogen-bond acceptors (Lipinski definition) is 3. The molecule has 3 rings (SSSR count). The summed E-state index contributed by atoms with van der Waals surface area (Å²) in [4.78, 5) is 19.6. The van der Waals surface area contributed by atoms with Crippen molar-refractivity contribution in [2.45, 2.75) is 38.3 Å². The van der Waals surface area contributed by atoms with Gasteiger partial charge in [0.25, 0.3) is 5.91 Å². The third-order valence-electron chi connectivity index (χ3n) is 4.45. The van der Waals surface area contributed by atoms with Gasteiger partial charge in [-0.3, -0.25) is 4.79 Å². The number of oxime groups is 1. The zero-order chi connectivity index (χ0) is 15.9. The van der Waals surface area contributed by atoms with Gasteiger partial charge in [0.1, 0.15) is 0 Å². The van der Waals surface area contributed by atoms with Crippen molar-refractivity contribution in [3.8, 4) is 0 Å². The number of amides is 1. The molecule has 1 saturated carbocycles. The molecule has 2 atom stereocenters. The Labute approximate surface area is 140 Å². The molecule has 0 spiro atoms. The second-order valence-corrected chi connectivity index (χ2v) is 6.83. The number of rotatable bonds is 4. The highest BCUT2D eigenvalue weighted by Gasteiger charge is 2.37. The van der Waals surface area contributed by atoms with E-state index in [1.165, 1.54) is 12.8 Å². The van der Waals surface area contributed by atoms with E-state index in [-0.39, 0.29) is 11.9 Å². The quantitative estimate of drug-likeness (QED) is 0.837. The average molecular weight is 341 g/mol. The van der Waals surface area contributed by atoms with E-state index in [2.05, 4.69) is 12.1 Å². The van der Waals surface area contributed by atoms with Gasteiger partial charge in [0.05, 0.1) is 10.7 Å². The van der Waals surface area contributed by atoms with E-state index in [0.717, 1.165) is 5.56 Å². The maximum Gasteiger partial charge on any atom is 0.266 e. The lowest BCUT2D eigenvalue weighted by Gasteiger charge is -2.26. The summed E-state index contributed by atoms with van der Waals surface area (Å²) >= 11 is 12.1. The van der Waals surface area contributed by atoms with E-state index in [0.29, 0.717) is 28.1 Å². The van der Waals surface area contributed by atoms with E-state index < -0.39 is 6.10 Å². The van der Waals surface area contributed by atoms with Gasteiger partial charge >= 0.3 is 0 Å². The maximum absolute atomic E-state index is 12.5. The van der Waals surface area contributed by atoms with Crippen LogP contribution in [0, 0.1) is 5.92 Å². The standard InChI is InChI=1S/C16H18Cl2N2O2/c1-9(10-3-4-10)20(2)16(21)15-8-14(19-22-15)12-6-5-11(17)7-13(12)18/h5-7,9-10,15H,3-4,8H2,1-2H3/t9-,15-/m1/s1. The number of carbonyl (C=O) groups is 1. The van der Waals surface area contributed by atoms with Gasteiger partial charge in [0, 0.05) is 30.1 Å². The highest BCUT2D eigenvalue weighted by Crippen LogP contribution is 2.35. The van der Waals surface area contributed by atoms with Crippen LogP contribution in [0.1, 0.15) is 31.7 Å². The van der Waals surface area contributed by atoms with E-state index in [9.17, 15) is 4.79 Å². The van der Waals surface area contributed by atoms with Crippen molar-refractivity contribution < 1.29 is 9.63 Å². The molecule has 0 N–H and O–H groups in total. The molecule has 0 saturated heterocycles. The van der Waals surface area contributed by atoms with Crippen LogP contribution < -0.4 is 0 Å². The third kappa shape index (κ3) is 3.08. The molecule has 6 heteroatoms. The molecule has 0 radical (unpaired) electrons. The summed E-state index contributed by atoms with van der Waals surface area (Å²) < 4.78 is 0. The first-order valence-electron chi connectivity index (χ1n) is 7.42. The van der Waals surface area contributed by atoms with Crippen molar-refractivity contribution >= 4 is 34.8 Å². The molecule has 118 valence electrons. The Kier molecular flexibility index (Phi) is 4.33. The molecule has 1 aliphatic heterocycles. The Hall–Kier alpha value is -1.26. The SMILES string of the molecule is C[C@H](C1CC1)N(C)C(=O)[C@H]1CC(c2ccc(Cl)cc2Cl)=NO1. The van der Waals surface area contributed by atoms with Crippen molar-refractivity contribution in [1.82, 2.24) is 4.90 Å². The number of likely N-dealkylation sites (N-methyl/N-ethyl adjacent to an activating group) is 1. The fourth-order valence-corrected chi connectivity index (χ4v) is 3.23. The summed E-state index contributed by atoms with van der Waals surface area (Å²) in [5.41, 5.74) is 1.45. The van der Waals surface area contributed by atoms with Crippen molar-refractivity contribution in [2.24, 2.45) is 11.1 Å². The summed E-state index contributed by atoms with van der Waals surface area (Å²) in [6, 6.07) is 5.47. The summed E-state index contributed by atoms with van der Waals surface area (Å²) in [5, 5.41) is 5.13. The smallest absolute Gasteiger partial charge is 0.266 e. The van der Waals surface area contributed by atoms with Gasteiger partial charge in [0.2, 0.25) is 6.10 Å². The average Bonchev–Trinajstić information content (AvgIpc) is 3.23. The molecule has 1 aliphatic carbocycles. The first kappa shape index (κ1) is 15.6. The number of nitrogens with zero attached hydrogens (tertiary/aromatic N) is 2. The Bertz CT molecular complexity index is 629. The summed E-state index contributed by atoms with van der Waals surface area (Å²) in [6.07, 6.45) is 2.27. The molecule has 1 aromatic rings. The van der Waals surface area contributed by atoms with E-state index in [4.69, 9.17) is 28.0 Å². The molecule has 0 bridgehead atoms. The maximum atomic E-state index is 12.5. The van der Waals surface area contributed by atoms with Gasteiger partial charge in [-0.15, -0.1) is 0 Å². The summed E-state index contributed by atoms with van der Waals surface area (Å²) in [6.45, 7) is 2.09. The molecular weight excluding hydrogens is 323 g/mol. The van der Waals surface area contributed by atoms with E-state index in [1.807, 2.05) is 7.05 Å². The van der Waals surface area contributed by atoms with Gasteiger partial charge in [-0.25, -0.2) is 0 Å². The first-order chi connectivity index (χ1) is 10.5. The molecule has 4 nitrogen and oxygen atoms in total. The van der Waals surface area contributed by atoms with Crippen LogP contribution in [0.15, 0.2) is 23.4 Å². The van der Waals surface area contributed by atoms with Crippen LogP contribution in [0.4, 0.5) is 0 Å². The zero-order valence-electron chi connectivity index (χ0n) is 12.6. The Morgan fingerprint density at radius 2 is 2.14 bits per heavy atom. The molecule has 1 fully saturated rings. The minimum absolute atomic E-state index is 0.0248. The molecule has 2 aliphatic rings. The van der Waals surface area contributed by atoms with Gasteiger partial charge in [0.15, 0.2) is 0 Å². The highest BCUT2D eigenvalue weighted by molar-refractivity contribution is 6.37. The van der Waals surface area contributed by atoms with Gasteiger partial charge in [-0.2, -0.15) is 0 Å². The number of benzene rings is 1. The van der Waals surface area contributed by atoms with Crippen molar-refractivity contribution in [2.75, 3.05) is 7.05 Å². The van der Waals surface area contributed by atoms with Crippen LogP contribution >= 0.6 is 23.2 Å². The van der Waals surface area contributed by atoms with Gasteiger partial charge in [-0.05, 0) is 37.8 Å². The minimum Gasteiger partial charge on any atom is -0.382 e. The lowest BCUT2D eigenvalue weighted by Crippen LogP contribution is -2.42. The largest absolute Gasteiger partial charge is 0.382 e. The molecule has 22 heavy (non-hydrogen) atoms. The first-order valence-corrected chi connectivity index (χ1v) is 8.17. The number of hydrogen-bond donors (Lipinski definition) is 0.